The molecular weight excluding hydrogens is 341 g/mol. The molecule has 0 radical (unpaired) electrons. The Kier molecular flexibility index (Phi) is 3.87. The maximum absolute atomic E-state index is 13.1. The topological polar surface area (TPSA) is 34.9 Å². The zero-order valence-electron chi connectivity index (χ0n) is 12.8. The SMILES string of the molecule is Cc1ccccc1-n1c(=O)nc(C)c2c(Cl)cc(C(F)(F)F)cc21. The summed E-state index contributed by atoms with van der Waals surface area (Å²) in [4.78, 5) is 16.3. The number of alkyl halides is 3. The molecule has 3 nitrogen and oxygen atoms in total. The highest BCUT2D eigenvalue weighted by molar-refractivity contribution is 6.35. The van der Waals surface area contributed by atoms with E-state index in [-0.39, 0.29) is 10.5 Å². The quantitative estimate of drug-likeness (QED) is 0.637. The summed E-state index contributed by atoms with van der Waals surface area (Å²) < 4.78 is 40.6. The van der Waals surface area contributed by atoms with Crippen molar-refractivity contribution in [3.8, 4) is 5.69 Å². The predicted molar refractivity (Wildman–Crippen MR) is 86.8 cm³/mol. The average molecular weight is 353 g/mol. The van der Waals surface area contributed by atoms with Crippen molar-refractivity contribution in [3.05, 3.63) is 68.7 Å². The Balaban J connectivity index is 2.52. The Hall–Kier alpha value is -2.34. The van der Waals surface area contributed by atoms with Crippen molar-refractivity contribution in [3.63, 3.8) is 0 Å². The van der Waals surface area contributed by atoms with Crippen molar-refractivity contribution < 1.29 is 13.2 Å². The van der Waals surface area contributed by atoms with E-state index >= 15 is 0 Å². The summed E-state index contributed by atoms with van der Waals surface area (Å²) in [6.45, 7) is 3.31. The van der Waals surface area contributed by atoms with Gasteiger partial charge in [-0.1, -0.05) is 29.8 Å². The van der Waals surface area contributed by atoms with Gasteiger partial charge in [-0.25, -0.2) is 4.79 Å². The van der Waals surface area contributed by atoms with Gasteiger partial charge in [-0.2, -0.15) is 18.2 Å². The molecule has 0 atom stereocenters. The van der Waals surface area contributed by atoms with E-state index in [2.05, 4.69) is 4.98 Å². The minimum Gasteiger partial charge on any atom is -0.260 e. The third-order valence-electron chi connectivity index (χ3n) is 3.81. The van der Waals surface area contributed by atoms with Crippen LogP contribution in [-0.2, 0) is 6.18 Å². The van der Waals surface area contributed by atoms with Gasteiger partial charge in [-0.15, -0.1) is 0 Å². The summed E-state index contributed by atoms with van der Waals surface area (Å²) >= 11 is 6.07. The normalized spacial score (nSPS) is 11.9. The molecule has 0 saturated carbocycles. The Bertz CT molecular complexity index is 1010. The van der Waals surface area contributed by atoms with Crippen molar-refractivity contribution in [2.45, 2.75) is 20.0 Å². The van der Waals surface area contributed by atoms with Crippen LogP contribution in [0.5, 0.6) is 0 Å². The zero-order chi connectivity index (χ0) is 17.6. The summed E-state index contributed by atoms with van der Waals surface area (Å²) in [7, 11) is 0. The molecule has 0 bridgehead atoms. The minimum atomic E-state index is -4.57. The van der Waals surface area contributed by atoms with Gasteiger partial charge in [-0.05, 0) is 37.6 Å². The summed E-state index contributed by atoms with van der Waals surface area (Å²) in [5.74, 6) is 0. The Labute approximate surface area is 140 Å². The molecule has 0 aliphatic carbocycles. The van der Waals surface area contributed by atoms with Gasteiger partial charge in [0.15, 0.2) is 0 Å². The number of aryl methyl sites for hydroxylation is 2. The van der Waals surface area contributed by atoms with E-state index in [0.717, 1.165) is 17.7 Å². The van der Waals surface area contributed by atoms with Crippen LogP contribution < -0.4 is 5.69 Å². The van der Waals surface area contributed by atoms with Gasteiger partial charge in [0.2, 0.25) is 0 Å². The van der Waals surface area contributed by atoms with Gasteiger partial charge in [0.05, 0.1) is 27.5 Å². The molecule has 0 spiro atoms. The van der Waals surface area contributed by atoms with Crippen LogP contribution in [0.25, 0.3) is 16.6 Å². The highest BCUT2D eigenvalue weighted by atomic mass is 35.5. The third kappa shape index (κ3) is 2.67. The highest BCUT2D eigenvalue weighted by Crippen LogP contribution is 2.36. The first-order valence-corrected chi connectivity index (χ1v) is 7.44. The standard InChI is InChI=1S/C17H12ClF3N2O/c1-9-5-3-4-6-13(9)23-14-8-11(17(19,20)21)7-12(18)15(14)10(2)22-16(23)24/h3-8H,1-2H3. The molecule has 0 fully saturated rings. The molecule has 0 aliphatic heterocycles. The van der Waals surface area contributed by atoms with Crippen LogP contribution >= 0.6 is 11.6 Å². The number of fused-ring (bicyclic) bond motifs is 1. The molecule has 0 amide bonds. The summed E-state index contributed by atoms with van der Waals surface area (Å²) in [6, 6.07) is 8.69. The molecule has 24 heavy (non-hydrogen) atoms. The van der Waals surface area contributed by atoms with Crippen molar-refractivity contribution in [2.24, 2.45) is 0 Å². The van der Waals surface area contributed by atoms with Crippen molar-refractivity contribution >= 4 is 22.5 Å². The average Bonchev–Trinajstić information content (AvgIpc) is 2.47. The van der Waals surface area contributed by atoms with Crippen LogP contribution in [-0.4, -0.2) is 9.55 Å². The zero-order valence-corrected chi connectivity index (χ0v) is 13.5. The van der Waals surface area contributed by atoms with E-state index in [1.54, 1.807) is 38.1 Å². The van der Waals surface area contributed by atoms with E-state index in [1.165, 1.54) is 4.57 Å². The van der Waals surface area contributed by atoms with Gasteiger partial charge in [0.1, 0.15) is 0 Å². The number of aromatic nitrogens is 2. The van der Waals surface area contributed by atoms with Crippen molar-refractivity contribution in [1.29, 1.82) is 0 Å². The Morgan fingerprint density at radius 2 is 1.79 bits per heavy atom. The highest BCUT2D eigenvalue weighted by Gasteiger charge is 2.32. The number of halogens is 4. The monoisotopic (exact) mass is 352 g/mol. The molecule has 3 aromatic rings. The third-order valence-corrected chi connectivity index (χ3v) is 4.11. The second-order valence-electron chi connectivity index (χ2n) is 5.45. The molecule has 2 aromatic carbocycles. The maximum atomic E-state index is 13.1. The second-order valence-corrected chi connectivity index (χ2v) is 5.86. The molecule has 1 aromatic heterocycles. The number of nitrogens with zero attached hydrogens (tertiary/aromatic N) is 2. The number of benzene rings is 2. The summed E-state index contributed by atoms with van der Waals surface area (Å²) in [5.41, 5.74) is 0.0210. The summed E-state index contributed by atoms with van der Waals surface area (Å²) in [6.07, 6.45) is -4.57. The van der Waals surface area contributed by atoms with E-state index in [1.807, 2.05) is 0 Å². The lowest BCUT2D eigenvalue weighted by Gasteiger charge is -2.16. The number of hydrogen-bond donors (Lipinski definition) is 0. The largest absolute Gasteiger partial charge is 0.416 e. The summed E-state index contributed by atoms with van der Waals surface area (Å²) in [5, 5.41) is 0.236. The van der Waals surface area contributed by atoms with Crippen LogP contribution in [0.1, 0.15) is 16.8 Å². The molecule has 1 heterocycles. The van der Waals surface area contributed by atoms with Crippen LogP contribution in [0, 0.1) is 13.8 Å². The molecule has 0 unspecified atom stereocenters. The van der Waals surface area contributed by atoms with Gasteiger partial charge < -0.3 is 0 Å². The molecule has 0 N–H and O–H groups in total. The fourth-order valence-electron chi connectivity index (χ4n) is 2.69. The number of hydrogen-bond acceptors (Lipinski definition) is 2. The van der Waals surface area contributed by atoms with Gasteiger partial charge in [0, 0.05) is 5.39 Å². The van der Waals surface area contributed by atoms with E-state index in [9.17, 15) is 18.0 Å². The fraction of sp³-hybridized carbons (Fsp3) is 0.176. The second kappa shape index (κ2) is 5.63. The predicted octanol–water partition coefficient (Wildman–Crippen LogP) is 4.67. The molecule has 124 valence electrons. The lowest BCUT2D eigenvalue weighted by molar-refractivity contribution is -0.137. The first-order valence-electron chi connectivity index (χ1n) is 7.06. The molecule has 7 heteroatoms. The first-order chi connectivity index (χ1) is 11.2. The van der Waals surface area contributed by atoms with E-state index in [0.29, 0.717) is 16.8 Å². The van der Waals surface area contributed by atoms with Crippen LogP contribution in [0.15, 0.2) is 41.2 Å². The molecule has 3 rings (SSSR count). The molecular formula is C17H12ClF3N2O. The van der Waals surface area contributed by atoms with Gasteiger partial charge >= 0.3 is 11.9 Å². The van der Waals surface area contributed by atoms with Gasteiger partial charge in [-0.3, -0.25) is 4.57 Å². The Morgan fingerprint density at radius 1 is 1.12 bits per heavy atom. The van der Waals surface area contributed by atoms with Crippen LogP contribution in [0.2, 0.25) is 5.02 Å². The Morgan fingerprint density at radius 3 is 2.42 bits per heavy atom. The lowest BCUT2D eigenvalue weighted by Crippen LogP contribution is -2.24. The minimum absolute atomic E-state index is 0.0848. The first kappa shape index (κ1) is 16.5. The maximum Gasteiger partial charge on any atom is 0.416 e. The molecule has 0 aliphatic rings. The number of rotatable bonds is 1. The molecule has 0 saturated heterocycles. The van der Waals surface area contributed by atoms with Crippen molar-refractivity contribution in [1.82, 2.24) is 9.55 Å². The van der Waals surface area contributed by atoms with Crippen LogP contribution in [0.3, 0.4) is 0 Å². The fourth-order valence-corrected chi connectivity index (χ4v) is 3.04. The smallest absolute Gasteiger partial charge is 0.260 e. The lowest BCUT2D eigenvalue weighted by atomic mass is 10.1. The number of para-hydroxylation sites is 1. The van der Waals surface area contributed by atoms with Crippen LogP contribution in [0.4, 0.5) is 13.2 Å². The van der Waals surface area contributed by atoms with E-state index < -0.39 is 17.4 Å². The van der Waals surface area contributed by atoms with Gasteiger partial charge in [0.25, 0.3) is 0 Å². The van der Waals surface area contributed by atoms with E-state index in [4.69, 9.17) is 11.6 Å². The van der Waals surface area contributed by atoms with Crippen molar-refractivity contribution in [2.75, 3.05) is 0 Å².